The molecule has 110 valence electrons. The van der Waals surface area contributed by atoms with Crippen LogP contribution in [0.1, 0.15) is 25.7 Å². The van der Waals surface area contributed by atoms with Crippen LogP contribution in [0.2, 0.25) is 0 Å². The fraction of sp³-hybridized carbons (Fsp3) is 0.667. The number of rotatable bonds is 4. The Kier molecular flexibility index (Phi) is 4.17. The van der Waals surface area contributed by atoms with E-state index in [0.717, 1.165) is 45.4 Å². The van der Waals surface area contributed by atoms with Crippen molar-refractivity contribution in [2.75, 3.05) is 26.3 Å². The summed E-state index contributed by atoms with van der Waals surface area (Å²) in [5, 5.41) is 3.38. The van der Waals surface area contributed by atoms with Gasteiger partial charge in [-0.25, -0.2) is 9.37 Å². The molecule has 2 aliphatic rings. The summed E-state index contributed by atoms with van der Waals surface area (Å²) in [6.45, 7) is 3.37. The number of aromatic nitrogens is 1. The second kappa shape index (κ2) is 6.06. The highest BCUT2D eigenvalue weighted by Gasteiger charge is 2.44. The van der Waals surface area contributed by atoms with Crippen LogP contribution in [-0.2, 0) is 4.74 Å². The van der Waals surface area contributed by atoms with Crippen molar-refractivity contribution < 1.29 is 13.9 Å². The van der Waals surface area contributed by atoms with Crippen molar-refractivity contribution in [1.82, 2.24) is 10.3 Å². The molecule has 0 amide bonds. The van der Waals surface area contributed by atoms with Crippen LogP contribution in [0.5, 0.6) is 5.88 Å². The molecule has 2 saturated heterocycles. The summed E-state index contributed by atoms with van der Waals surface area (Å²) < 4.78 is 24.9. The Hall–Kier alpha value is -1.20. The Morgan fingerprint density at radius 1 is 1.45 bits per heavy atom. The molecule has 4 nitrogen and oxygen atoms in total. The first-order chi connectivity index (χ1) is 9.80. The van der Waals surface area contributed by atoms with E-state index in [4.69, 9.17) is 9.47 Å². The van der Waals surface area contributed by atoms with E-state index in [0.29, 0.717) is 12.5 Å². The summed E-state index contributed by atoms with van der Waals surface area (Å²) in [5.41, 5.74) is 0.0251. The third-order valence-electron chi connectivity index (χ3n) is 4.48. The highest BCUT2D eigenvalue weighted by Crippen LogP contribution is 2.40. The van der Waals surface area contributed by atoms with Crippen molar-refractivity contribution >= 4 is 0 Å². The van der Waals surface area contributed by atoms with Gasteiger partial charge in [0, 0.05) is 12.8 Å². The molecule has 0 unspecified atom stereocenters. The zero-order valence-electron chi connectivity index (χ0n) is 11.6. The molecule has 1 aromatic rings. The Labute approximate surface area is 118 Å². The summed E-state index contributed by atoms with van der Waals surface area (Å²) in [4.78, 5) is 3.91. The van der Waals surface area contributed by atoms with E-state index in [1.807, 2.05) is 0 Å². The van der Waals surface area contributed by atoms with Gasteiger partial charge in [-0.05, 0) is 56.8 Å². The van der Waals surface area contributed by atoms with E-state index >= 15 is 0 Å². The van der Waals surface area contributed by atoms with Gasteiger partial charge in [-0.1, -0.05) is 0 Å². The molecular formula is C15H21FN2O2. The SMILES string of the molecule is Fc1cccnc1OCC[C@@H]1CCOC12CCNCC2. The van der Waals surface area contributed by atoms with Gasteiger partial charge in [-0.3, -0.25) is 0 Å². The maximum absolute atomic E-state index is 13.4. The quantitative estimate of drug-likeness (QED) is 0.918. The Balaban J connectivity index is 1.54. The minimum Gasteiger partial charge on any atom is -0.476 e. The van der Waals surface area contributed by atoms with Crippen molar-refractivity contribution in [2.24, 2.45) is 5.92 Å². The average molecular weight is 280 g/mol. The minimum absolute atomic E-state index is 0.0251. The van der Waals surface area contributed by atoms with Crippen LogP contribution in [0.25, 0.3) is 0 Å². The fourth-order valence-electron chi connectivity index (χ4n) is 3.37. The lowest BCUT2D eigenvalue weighted by atomic mass is 9.78. The van der Waals surface area contributed by atoms with Crippen LogP contribution in [0.3, 0.4) is 0 Å². The molecule has 2 fully saturated rings. The number of ether oxygens (including phenoxy) is 2. The number of nitrogens with zero attached hydrogens (tertiary/aromatic N) is 1. The minimum atomic E-state index is -0.397. The number of pyridine rings is 1. The summed E-state index contributed by atoms with van der Waals surface area (Å²) in [6, 6.07) is 2.94. The van der Waals surface area contributed by atoms with Gasteiger partial charge in [0.05, 0.1) is 12.2 Å². The second-order valence-electron chi connectivity index (χ2n) is 5.58. The topological polar surface area (TPSA) is 43.4 Å². The third kappa shape index (κ3) is 2.79. The van der Waals surface area contributed by atoms with E-state index in [9.17, 15) is 4.39 Å². The third-order valence-corrected chi connectivity index (χ3v) is 4.48. The van der Waals surface area contributed by atoms with Gasteiger partial charge >= 0.3 is 0 Å². The molecule has 0 aromatic carbocycles. The smallest absolute Gasteiger partial charge is 0.250 e. The lowest BCUT2D eigenvalue weighted by Crippen LogP contribution is -2.46. The fourth-order valence-corrected chi connectivity index (χ4v) is 3.37. The van der Waals surface area contributed by atoms with E-state index in [1.54, 1.807) is 12.3 Å². The standard InChI is InChI=1S/C15H21FN2O2/c16-13-2-1-7-18-14(13)19-10-3-12-4-11-20-15(12)5-8-17-9-6-15/h1-2,7,12,17H,3-6,8-11H2/t12-/m1/s1. The van der Waals surface area contributed by atoms with E-state index in [-0.39, 0.29) is 11.5 Å². The monoisotopic (exact) mass is 280 g/mol. The lowest BCUT2D eigenvalue weighted by molar-refractivity contribution is -0.0483. The van der Waals surface area contributed by atoms with Crippen molar-refractivity contribution in [3.05, 3.63) is 24.1 Å². The molecule has 1 aromatic heterocycles. The highest BCUT2D eigenvalue weighted by molar-refractivity contribution is 5.12. The van der Waals surface area contributed by atoms with Gasteiger partial charge in [0.2, 0.25) is 5.88 Å². The van der Waals surface area contributed by atoms with Crippen LogP contribution in [0.15, 0.2) is 18.3 Å². The van der Waals surface area contributed by atoms with Crippen molar-refractivity contribution in [3.8, 4) is 5.88 Å². The molecule has 1 N–H and O–H groups in total. The first kappa shape index (κ1) is 13.8. The molecule has 1 spiro atoms. The molecule has 3 rings (SSSR count). The van der Waals surface area contributed by atoms with Crippen molar-refractivity contribution in [3.63, 3.8) is 0 Å². The largest absolute Gasteiger partial charge is 0.476 e. The predicted molar refractivity (Wildman–Crippen MR) is 73.2 cm³/mol. The second-order valence-corrected chi connectivity index (χ2v) is 5.58. The number of nitrogens with one attached hydrogen (secondary N) is 1. The molecule has 1 atom stereocenters. The van der Waals surface area contributed by atoms with Gasteiger partial charge in [0.25, 0.3) is 0 Å². The number of hydrogen-bond donors (Lipinski definition) is 1. The van der Waals surface area contributed by atoms with E-state index in [2.05, 4.69) is 10.3 Å². The zero-order valence-corrected chi connectivity index (χ0v) is 11.6. The van der Waals surface area contributed by atoms with E-state index < -0.39 is 5.82 Å². The lowest BCUT2D eigenvalue weighted by Gasteiger charge is -2.38. The van der Waals surface area contributed by atoms with Gasteiger partial charge in [-0.15, -0.1) is 0 Å². The van der Waals surface area contributed by atoms with Gasteiger partial charge in [0.1, 0.15) is 0 Å². The molecule has 2 aliphatic heterocycles. The zero-order chi connectivity index (χ0) is 13.8. The molecule has 20 heavy (non-hydrogen) atoms. The molecule has 0 bridgehead atoms. The first-order valence-corrected chi connectivity index (χ1v) is 7.38. The maximum atomic E-state index is 13.4. The Morgan fingerprint density at radius 2 is 2.30 bits per heavy atom. The van der Waals surface area contributed by atoms with Crippen molar-refractivity contribution in [2.45, 2.75) is 31.3 Å². The number of halogens is 1. The van der Waals surface area contributed by atoms with Crippen LogP contribution in [0, 0.1) is 11.7 Å². The van der Waals surface area contributed by atoms with Crippen LogP contribution < -0.4 is 10.1 Å². The van der Waals surface area contributed by atoms with Crippen LogP contribution in [-0.4, -0.2) is 36.9 Å². The average Bonchev–Trinajstić information content (AvgIpc) is 2.84. The normalized spacial score (nSPS) is 24.9. The first-order valence-electron chi connectivity index (χ1n) is 7.38. The highest BCUT2D eigenvalue weighted by atomic mass is 19.1. The molecule has 5 heteroatoms. The van der Waals surface area contributed by atoms with Crippen LogP contribution >= 0.6 is 0 Å². The summed E-state index contributed by atoms with van der Waals surface area (Å²) in [5.74, 6) is 0.217. The Bertz CT molecular complexity index is 449. The van der Waals surface area contributed by atoms with Crippen LogP contribution in [0.4, 0.5) is 4.39 Å². The maximum Gasteiger partial charge on any atom is 0.250 e. The summed E-state index contributed by atoms with van der Waals surface area (Å²) in [6.07, 6.45) is 5.65. The molecule has 0 saturated carbocycles. The molecule has 0 radical (unpaired) electrons. The molecule has 0 aliphatic carbocycles. The van der Waals surface area contributed by atoms with Gasteiger partial charge in [0.15, 0.2) is 5.82 Å². The predicted octanol–water partition coefficient (Wildman–Crippen LogP) is 2.15. The van der Waals surface area contributed by atoms with Gasteiger partial charge < -0.3 is 14.8 Å². The molecule has 3 heterocycles. The van der Waals surface area contributed by atoms with Crippen molar-refractivity contribution in [1.29, 1.82) is 0 Å². The van der Waals surface area contributed by atoms with Gasteiger partial charge in [-0.2, -0.15) is 0 Å². The Morgan fingerprint density at radius 3 is 3.10 bits per heavy atom. The van der Waals surface area contributed by atoms with E-state index in [1.165, 1.54) is 6.07 Å². The number of piperidine rings is 1. The number of hydrogen-bond acceptors (Lipinski definition) is 4. The summed E-state index contributed by atoms with van der Waals surface area (Å²) in [7, 11) is 0. The summed E-state index contributed by atoms with van der Waals surface area (Å²) >= 11 is 0. The molecular weight excluding hydrogens is 259 g/mol.